The first-order valence-electron chi connectivity index (χ1n) is 7.21. The molecule has 6 heteroatoms. The third kappa shape index (κ3) is 3.81. The highest BCUT2D eigenvalue weighted by Crippen LogP contribution is 2.35. The summed E-state index contributed by atoms with van der Waals surface area (Å²) in [6, 6.07) is 5.35. The van der Waals surface area contributed by atoms with E-state index in [0.717, 1.165) is 6.07 Å². The van der Waals surface area contributed by atoms with Crippen LogP contribution in [-0.2, 0) is 6.18 Å². The lowest BCUT2D eigenvalue weighted by atomic mass is 10.0. The molecule has 3 nitrogen and oxygen atoms in total. The minimum atomic E-state index is -4.37. The second-order valence-corrected chi connectivity index (χ2v) is 5.53. The second-order valence-electron chi connectivity index (χ2n) is 5.53. The van der Waals surface area contributed by atoms with Crippen LogP contribution in [0.5, 0.6) is 0 Å². The second kappa shape index (κ2) is 6.42. The smallest absolute Gasteiger partial charge is 0.358 e. The van der Waals surface area contributed by atoms with E-state index in [0.29, 0.717) is 18.5 Å². The Morgan fingerprint density at radius 1 is 1.18 bits per heavy atom. The highest BCUT2D eigenvalue weighted by atomic mass is 19.4. The number of hydrogen-bond donors (Lipinski definition) is 1. The van der Waals surface area contributed by atoms with Crippen molar-refractivity contribution in [3.63, 3.8) is 0 Å². The van der Waals surface area contributed by atoms with Gasteiger partial charge >= 0.3 is 6.18 Å². The molecule has 1 aliphatic heterocycles. The molecule has 0 aliphatic carbocycles. The SMILES string of the molecule is CC(C)N1C=CC(=N[C@@H](C)c2ccccc2C(F)(F)F)NC1. The van der Waals surface area contributed by atoms with Gasteiger partial charge in [0.2, 0.25) is 0 Å². The average Bonchev–Trinajstić information content (AvgIpc) is 2.47. The van der Waals surface area contributed by atoms with Gasteiger partial charge in [0.05, 0.1) is 18.3 Å². The lowest BCUT2D eigenvalue weighted by Gasteiger charge is -2.29. The van der Waals surface area contributed by atoms with Gasteiger partial charge in [-0.15, -0.1) is 0 Å². The molecule has 0 saturated carbocycles. The highest BCUT2D eigenvalue weighted by Gasteiger charge is 2.34. The van der Waals surface area contributed by atoms with Gasteiger partial charge in [-0.25, -0.2) is 0 Å². The number of benzene rings is 1. The molecule has 1 aliphatic rings. The standard InChI is InChI=1S/C16H20F3N3/c1-11(2)22-9-8-15(20-10-22)21-12(3)13-6-4-5-7-14(13)16(17,18)19/h4-9,11-12H,10H2,1-3H3,(H,20,21)/t12-/m0/s1. The van der Waals surface area contributed by atoms with E-state index in [1.165, 1.54) is 12.1 Å². The van der Waals surface area contributed by atoms with Gasteiger partial charge in [0.15, 0.2) is 0 Å². The number of rotatable bonds is 3. The number of amidine groups is 1. The number of aliphatic imine (C=N–C) groups is 1. The predicted molar refractivity (Wildman–Crippen MR) is 81.4 cm³/mol. The van der Waals surface area contributed by atoms with Crippen molar-refractivity contribution in [3.8, 4) is 0 Å². The molecular weight excluding hydrogens is 291 g/mol. The zero-order chi connectivity index (χ0) is 16.3. The van der Waals surface area contributed by atoms with Gasteiger partial charge in [0.25, 0.3) is 0 Å². The Balaban J connectivity index is 2.22. The van der Waals surface area contributed by atoms with Crippen LogP contribution in [0.3, 0.4) is 0 Å². The highest BCUT2D eigenvalue weighted by molar-refractivity contribution is 5.93. The predicted octanol–water partition coefficient (Wildman–Crippen LogP) is 3.95. The number of nitrogens with zero attached hydrogens (tertiary/aromatic N) is 2. The van der Waals surface area contributed by atoms with Crippen molar-refractivity contribution in [2.75, 3.05) is 6.67 Å². The van der Waals surface area contributed by atoms with Crippen LogP contribution in [0.15, 0.2) is 41.5 Å². The van der Waals surface area contributed by atoms with Crippen LogP contribution in [-0.4, -0.2) is 23.4 Å². The van der Waals surface area contributed by atoms with Crippen LogP contribution < -0.4 is 5.32 Å². The largest absolute Gasteiger partial charge is 0.416 e. The van der Waals surface area contributed by atoms with Crippen molar-refractivity contribution in [1.82, 2.24) is 10.2 Å². The monoisotopic (exact) mass is 311 g/mol. The Kier molecular flexibility index (Phi) is 4.78. The van der Waals surface area contributed by atoms with E-state index >= 15 is 0 Å². The van der Waals surface area contributed by atoms with Crippen LogP contribution in [0.25, 0.3) is 0 Å². The van der Waals surface area contributed by atoms with Crippen molar-refractivity contribution < 1.29 is 13.2 Å². The fraction of sp³-hybridized carbons (Fsp3) is 0.438. The van der Waals surface area contributed by atoms with Crippen LogP contribution >= 0.6 is 0 Å². The van der Waals surface area contributed by atoms with E-state index in [1.54, 1.807) is 19.1 Å². The molecule has 0 saturated heterocycles. The molecule has 22 heavy (non-hydrogen) atoms. The fourth-order valence-electron chi connectivity index (χ4n) is 2.29. The summed E-state index contributed by atoms with van der Waals surface area (Å²) in [5.74, 6) is 0.598. The van der Waals surface area contributed by atoms with E-state index < -0.39 is 17.8 Å². The molecule has 0 radical (unpaired) electrons. The van der Waals surface area contributed by atoms with Crippen LogP contribution in [0.4, 0.5) is 13.2 Å². The normalized spacial score (nSPS) is 18.7. The van der Waals surface area contributed by atoms with Gasteiger partial charge in [-0.3, -0.25) is 4.99 Å². The minimum Gasteiger partial charge on any atom is -0.358 e. The van der Waals surface area contributed by atoms with Crippen molar-refractivity contribution in [3.05, 3.63) is 47.7 Å². The molecule has 1 aromatic carbocycles. The molecule has 1 N–H and O–H groups in total. The van der Waals surface area contributed by atoms with E-state index in [2.05, 4.69) is 29.1 Å². The third-order valence-corrected chi connectivity index (χ3v) is 3.58. The van der Waals surface area contributed by atoms with Crippen molar-refractivity contribution in [1.29, 1.82) is 0 Å². The summed E-state index contributed by atoms with van der Waals surface area (Å²) in [6.07, 6.45) is -0.673. The molecular formula is C16H20F3N3. The van der Waals surface area contributed by atoms with E-state index in [-0.39, 0.29) is 5.56 Å². The van der Waals surface area contributed by atoms with Gasteiger partial charge in [-0.2, -0.15) is 13.2 Å². The van der Waals surface area contributed by atoms with Gasteiger partial charge in [0, 0.05) is 12.2 Å². The first-order chi connectivity index (χ1) is 10.3. The number of nitrogens with one attached hydrogen (secondary N) is 1. The molecule has 120 valence electrons. The fourth-order valence-corrected chi connectivity index (χ4v) is 2.29. The Morgan fingerprint density at radius 2 is 1.86 bits per heavy atom. The maximum absolute atomic E-state index is 13.0. The summed E-state index contributed by atoms with van der Waals surface area (Å²) in [4.78, 5) is 6.44. The summed E-state index contributed by atoms with van der Waals surface area (Å²) >= 11 is 0. The van der Waals surface area contributed by atoms with Gasteiger partial charge in [0.1, 0.15) is 5.84 Å². The molecule has 1 heterocycles. The molecule has 0 bridgehead atoms. The van der Waals surface area contributed by atoms with Crippen LogP contribution in [0, 0.1) is 0 Å². The van der Waals surface area contributed by atoms with Crippen LogP contribution in [0.2, 0.25) is 0 Å². The summed E-state index contributed by atoms with van der Waals surface area (Å²) in [7, 11) is 0. The Morgan fingerprint density at radius 3 is 2.41 bits per heavy atom. The Bertz CT molecular complexity index is 576. The van der Waals surface area contributed by atoms with E-state index in [1.807, 2.05) is 6.20 Å². The van der Waals surface area contributed by atoms with Crippen molar-refractivity contribution >= 4 is 5.84 Å². The zero-order valence-electron chi connectivity index (χ0n) is 12.9. The summed E-state index contributed by atoms with van der Waals surface area (Å²) < 4.78 is 39.1. The number of halogens is 3. The van der Waals surface area contributed by atoms with Gasteiger partial charge < -0.3 is 10.2 Å². The maximum atomic E-state index is 13.0. The molecule has 1 aromatic rings. The summed E-state index contributed by atoms with van der Waals surface area (Å²) in [5.41, 5.74) is -0.445. The summed E-state index contributed by atoms with van der Waals surface area (Å²) in [5, 5.41) is 3.12. The average molecular weight is 311 g/mol. The Labute approximate surface area is 128 Å². The molecule has 0 fully saturated rings. The van der Waals surface area contributed by atoms with Gasteiger partial charge in [-0.1, -0.05) is 18.2 Å². The first kappa shape index (κ1) is 16.4. The molecule has 0 aromatic heterocycles. The van der Waals surface area contributed by atoms with Crippen LogP contribution in [0.1, 0.15) is 37.9 Å². The topological polar surface area (TPSA) is 27.6 Å². The molecule has 0 unspecified atom stereocenters. The van der Waals surface area contributed by atoms with Crippen molar-refractivity contribution in [2.45, 2.75) is 39.0 Å². The van der Waals surface area contributed by atoms with E-state index in [9.17, 15) is 13.2 Å². The molecule has 0 spiro atoms. The lowest BCUT2D eigenvalue weighted by Crippen LogP contribution is -2.41. The lowest BCUT2D eigenvalue weighted by molar-refractivity contribution is -0.138. The van der Waals surface area contributed by atoms with Crippen molar-refractivity contribution in [2.24, 2.45) is 4.99 Å². The number of hydrogen-bond acceptors (Lipinski definition) is 2. The first-order valence-corrected chi connectivity index (χ1v) is 7.21. The third-order valence-electron chi connectivity index (χ3n) is 3.58. The summed E-state index contributed by atoms with van der Waals surface area (Å²) in [6.45, 7) is 6.40. The molecule has 0 amide bonds. The van der Waals surface area contributed by atoms with E-state index in [4.69, 9.17) is 0 Å². The number of alkyl halides is 3. The molecule has 2 rings (SSSR count). The van der Waals surface area contributed by atoms with Gasteiger partial charge in [-0.05, 0) is 38.5 Å². The maximum Gasteiger partial charge on any atom is 0.416 e. The minimum absolute atomic E-state index is 0.184. The zero-order valence-corrected chi connectivity index (χ0v) is 12.9. The quantitative estimate of drug-likeness (QED) is 0.915. The Hall–Kier alpha value is -1.98. The molecule has 1 atom stereocenters.